The zero-order valence-corrected chi connectivity index (χ0v) is 10.9. The number of nitrogens with one attached hydrogen (secondary N) is 1. The zero-order valence-electron chi connectivity index (χ0n) is 10.1. The van der Waals surface area contributed by atoms with Gasteiger partial charge in [0.05, 0.1) is 23.5 Å². The molecular formula is C13H15ClN4. The molecule has 18 heavy (non-hydrogen) atoms. The highest BCUT2D eigenvalue weighted by Gasteiger charge is 2.06. The lowest BCUT2D eigenvalue weighted by Gasteiger charge is -2.14. The molecule has 1 heterocycles. The Balaban J connectivity index is 2.06. The fraction of sp³-hybridized carbons (Fsp3) is 0.231. The molecule has 1 aromatic heterocycles. The number of hydrogen-bond acceptors (Lipinski definition) is 4. The fourth-order valence-corrected chi connectivity index (χ4v) is 1.70. The molecule has 0 fully saturated rings. The Morgan fingerprint density at radius 3 is 2.39 bits per heavy atom. The predicted octanol–water partition coefficient (Wildman–Crippen LogP) is 2.76. The van der Waals surface area contributed by atoms with E-state index in [1.54, 1.807) is 12.4 Å². The van der Waals surface area contributed by atoms with Crippen LogP contribution in [0.15, 0.2) is 36.7 Å². The van der Waals surface area contributed by atoms with Gasteiger partial charge in [0.15, 0.2) is 0 Å². The van der Waals surface area contributed by atoms with Gasteiger partial charge in [-0.1, -0.05) is 35.9 Å². The molecule has 2 aromatic rings. The van der Waals surface area contributed by atoms with Gasteiger partial charge in [-0.25, -0.2) is 9.97 Å². The lowest BCUT2D eigenvalue weighted by atomic mass is 10.1. The maximum Gasteiger partial charge on any atom is 0.223 e. The van der Waals surface area contributed by atoms with Crippen LogP contribution < -0.4 is 11.1 Å². The molecule has 94 valence electrons. The SMILES string of the molecule is CC(Nc1ncc(Cl)cn1)c1ccc(CN)cc1. The fourth-order valence-electron chi connectivity index (χ4n) is 1.61. The third-order valence-electron chi connectivity index (χ3n) is 2.68. The Kier molecular flexibility index (Phi) is 4.12. The van der Waals surface area contributed by atoms with Crippen LogP contribution in [0.25, 0.3) is 0 Å². The summed E-state index contributed by atoms with van der Waals surface area (Å²) in [5, 5.41) is 3.74. The van der Waals surface area contributed by atoms with Crippen molar-refractivity contribution in [1.29, 1.82) is 0 Å². The first-order chi connectivity index (χ1) is 8.69. The lowest BCUT2D eigenvalue weighted by Crippen LogP contribution is -2.09. The zero-order chi connectivity index (χ0) is 13.0. The van der Waals surface area contributed by atoms with Gasteiger partial charge in [0.1, 0.15) is 0 Å². The molecule has 0 saturated carbocycles. The standard InChI is InChI=1S/C13H15ClN4/c1-9(11-4-2-10(6-15)3-5-11)18-13-16-7-12(14)8-17-13/h2-5,7-9H,6,15H2,1H3,(H,16,17,18). The molecule has 4 nitrogen and oxygen atoms in total. The van der Waals surface area contributed by atoms with Gasteiger partial charge in [-0.05, 0) is 18.1 Å². The molecule has 1 aromatic carbocycles. The molecule has 1 unspecified atom stereocenters. The van der Waals surface area contributed by atoms with Gasteiger partial charge in [0.2, 0.25) is 5.95 Å². The second-order valence-electron chi connectivity index (χ2n) is 4.04. The van der Waals surface area contributed by atoms with Gasteiger partial charge in [-0.15, -0.1) is 0 Å². The van der Waals surface area contributed by atoms with Crippen molar-refractivity contribution in [2.45, 2.75) is 19.5 Å². The van der Waals surface area contributed by atoms with Gasteiger partial charge in [0, 0.05) is 6.54 Å². The van der Waals surface area contributed by atoms with E-state index in [-0.39, 0.29) is 6.04 Å². The van der Waals surface area contributed by atoms with Crippen LogP contribution in [0.4, 0.5) is 5.95 Å². The molecule has 0 saturated heterocycles. The highest BCUT2D eigenvalue weighted by molar-refractivity contribution is 6.30. The summed E-state index contributed by atoms with van der Waals surface area (Å²) in [5.74, 6) is 0.565. The normalized spacial score (nSPS) is 12.2. The number of nitrogens with zero attached hydrogens (tertiary/aromatic N) is 2. The molecule has 0 spiro atoms. The van der Waals surface area contributed by atoms with E-state index in [2.05, 4.69) is 34.3 Å². The van der Waals surface area contributed by atoms with Crippen molar-refractivity contribution in [3.8, 4) is 0 Å². The Hall–Kier alpha value is -1.65. The van der Waals surface area contributed by atoms with Crippen molar-refractivity contribution < 1.29 is 0 Å². The van der Waals surface area contributed by atoms with Gasteiger partial charge < -0.3 is 11.1 Å². The number of nitrogens with two attached hydrogens (primary N) is 1. The van der Waals surface area contributed by atoms with E-state index in [0.717, 1.165) is 11.1 Å². The largest absolute Gasteiger partial charge is 0.348 e. The Morgan fingerprint density at radius 1 is 1.22 bits per heavy atom. The van der Waals surface area contributed by atoms with Crippen LogP contribution in [0.2, 0.25) is 5.02 Å². The van der Waals surface area contributed by atoms with Crippen molar-refractivity contribution in [2.75, 3.05) is 5.32 Å². The summed E-state index contributed by atoms with van der Waals surface area (Å²) in [6, 6.07) is 8.27. The minimum absolute atomic E-state index is 0.123. The maximum absolute atomic E-state index is 5.73. The van der Waals surface area contributed by atoms with E-state index in [1.165, 1.54) is 0 Å². The molecule has 5 heteroatoms. The second kappa shape index (κ2) is 5.80. The molecule has 0 aliphatic rings. The van der Waals surface area contributed by atoms with Crippen molar-refractivity contribution >= 4 is 17.5 Å². The molecule has 0 bridgehead atoms. The Labute approximate surface area is 111 Å². The van der Waals surface area contributed by atoms with E-state index < -0.39 is 0 Å². The average molecular weight is 263 g/mol. The topological polar surface area (TPSA) is 63.8 Å². The minimum atomic E-state index is 0.123. The third-order valence-corrected chi connectivity index (χ3v) is 2.88. The maximum atomic E-state index is 5.73. The van der Waals surface area contributed by atoms with E-state index >= 15 is 0 Å². The van der Waals surface area contributed by atoms with Gasteiger partial charge in [-0.3, -0.25) is 0 Å². The van der Waals surface area contributed by atoms with Crippen molar-refractivity contribution in [2.24, 2.45) is 5.73 Å². The number of hydrogen-bond donors (Lipinski definition) is 2. The summed E-state index contributed by atoms with van der Waals surface area (Å²) in [5.41, 5.74) is 7.84. The van der Waals surface area contributed by atoms with Crippen molar-refractivity contribution in [3.63, 3.8) is 0 Å². The van der Waals surface area contributed by atoms with Gasteiger partial charge in [0.25, 0.3) is 0 Å². The lowest BCUT2D eigenvalue weighted by molar-refractivity contribution is 0.858. The number of rotatable bonds is 4. The second-order valence-corrected chi connectivity index (χ2v) is 4.47. The van der Waals surface area contributed by atoms with Crippen molar-refractivity contribution in [3.05, 3.63) is 52.8 Å². The van der Waals surface area contributed by atoms with Crippen molar-refractivity contribution in [1.82, 2.24) is 9.97 Å². The smallest absolute Gasteiger partial charge is 0.223 e. The van der Waals surface area contributed by atoms with Gasteiger partial charge in [-0.2, -0.15) is 0 Å². The van der Waals surface area contributed by atoms with E-state index in [9.17, 15) is 0 Å². The van der Waals surface area contributed by atoms with E-state index in [1.807, 2.05) is 12.1 Å². The molecule has 2 rings (SSSR count). The number of anilines is 1. The molecule has 3 N–H and O–H groups in total. The molecule has 0 radical (unpaired) electrons. The number of aromatic nitrogens is 2. The quantitative estimate of drug-likeness (QED) is 0.889. The molecule has 1 atom stereocenters. The van der Waals surface area contributed by atoms with E-state index in [0.29, 0.717) is 17.5 Å². The van der Waals surface area contributed by atoms with Crippen LogP contribution in [0, 0.1) is 0 Å². The summed E-state index contributed by atoms with van der Waals surface area (Å²) < 4.78 is 0. The summed E-state index contributed by atoms with van der Waals surface area (Å²) in [6.07, 6.45) is 3.14. The predicted molar refractivity (Wildman–Crippen MR) is 73.4 cm³/mol. The van der Waals surface area contributed by atoms with Gasteiger partial charge >= 0.3 is 0 Å². The highest BCUT2D eigenvalue weighted by Crippen LogP contribution is 2.17. The molecule has 0 aliphatic heterocycles. The van der Waals surface area contributed by atoms with Crippen LogP contribution in [0.5, 0.6) is 0 Å². The first-order valence-corrected chi connectivity index (χ1v) is 6.10. The monoisotopic (exact) mass is 262 g/mol. The molecule has 0 aliphatic carbocycles. The minimum Gasteiger partial charge on any atom is -0.348 e. The average Bonchev–Trinajstić information content (AvgIpc) is 2.41. The van der Waals surface area contributed by atoms with Crippen LogP contribution in [-0.2, 0) is 6.54 Å². The van der Waals surface area contributed by atoms with E-state index in [4.69, 9.17) is 17.3 Å². The highest BCUT2D eigenvalue weighted by atomic mass is 35.5. The first kappa shape index (κ1) is 12.8. The van der Waals surface area contributed by atoms with Crippen LogP contribution in [0.3, 0.4) is 0 Å². The molecule has 0 amide bonds. The third kappa shape index (κ3) is 3.18. The summed E-state index contributed by atoms with van der Waals surface area (Å²) in [7, 11) is 0. The van der Waals surface area contributed by atoms with Crippen LogP contribution >= 0.6 is 11.6 Å². The first-order valence-electron chi connectivity index (χ1n) is 5.72. The van der Waals surface area contributed by atoms with Crippen LogP contribution in [-0.4, -0.2) is 9.97 Å². The number of benzene rings is 1. The molecular weight excluding hydrogens is 248 g/mol. The summed E-state index contributed by atoms with van der Waals surface area (Å²) >= 11 is 5.73. The van der Waals surface area contributed by atoms with Crippen LogP contribution in [0.1, 0.15) is 24.1 Å². The number of halogens is 1. The Bertz CT molecular complexity index is 495. The summed E-state index contributed by atoms with van der Waals surface area (Å²) in [4.78, 5) is 8.21. The summed E-state index contributed by atoms with van der Waals surface area (Å²) in [6.45, 7) is 2.61. The Morgan fingerprint density at radius 2 is 1.83 bits per heavy atom.